The number of ether oxygens (including phenoxy) is 2. The summed E-state index contributed by atoms with van der Waals surface area (Å²) in [5.41, 5.74) is 1.82. The van der Waals surface area contributed by atoms with Gasteiger partial charge in [0.1, 0.15) is 11.5 Å². The van der Waals surface area contributed by atoms with Crippen molar-refractivity contribution in [2.45, 2.75) is 24.3 Å². The van der Waals surface area contributed by atoms with Crippen molar-refractivity contribution in [2.24, 2.45) is 0 Å². The molecule has 0 unspecified atom stereocenters. The maximum absolute atomic E-state index is 13.3. The summed E-state index contributed by atoms with van der Waals surface area (Å²) in [5, 5.41) is 0.690. The number of nitrogens with zero attached hydrogens (tertiary/aromatic N) is 3. The molecule has 0 atom stereocenters. The molecule has 0 radical (unpaired) electrons. The third-order valence-corrected chi connectivity index (χ3v) is 7.18. The van der Waals surface area contributed by atoms with Gasteiger partial charge in [0.2, 0.25) is 5.91 Å². The summed E-state index contributed by atoms with van der Waals surface area (Å²) < 4.78 is 11.5. The van der Waals surface area contributed by atoms with Gasteiger partial charge in [-0.1, -0.05) is 17.4 Å². The van der Waals surface area contributed by atoms with Gasteiger partial charge in [-0.3, -0.25) is 14.7 Å². The molecule has 0 aliphatic carbocycles. The third-order valence-electron chi connectivity index (χ3n) is 5.04. The SMILES string of the molecule is COc1ccc(SCCCC(=O)N(Cc2cccnc2)c2nc3ccc(OC)cc3s2)cc1. The average molecular weight is 480 g/mol. The Kier molecular flexibility index (Phi) is 7.80. The number of aromatic nitrogens is 2. The van der Waals surface area contributed by atoms with Crippen LogP contribution in [0.1, 0.15) is 18.4 Å². The third kappa shape index (κ3) is 6.03. The molecule has 1 amide bonds. The maximum atomic E-state index is 13.3. The van der Waals surface area contributed by atoms with Crippen LogP contribution < -0.4 is 14.4 Å². The first-order chi connectivity index (χ1) is 16.2. The molecular formula is C25H25N3O3S2. The van der Waals surface area contributed by atoms with Crippen molar-refractivity contribution >= 4 is 44.4 Å². The first kappa shape index (κ1) is 23.1. The van der Waals surface area contributed by atoms with Crippen LogP contribution in [-0.4, -0.2) is 35.8 Å². The van der Waals surface area contributed by atoms with Crippen LogP contribution in [-0.2, 0) is 11.3 Å². The highest BCUT2D eigenvalue weighted by atomic mass is 32.2. The van der Waals surface area contributed by atoms with E-state index >= 15 is 0 Å². The Bertz CT molecular complexity index is 1200. The number of thiazole rings is 1. The van der Waals surface area contributed by atoms with E-state index in [1.54, 1.807) is 43.3 Å². The van der Waals surface area contributed by atoms with Gasteiger partial charge in [0.05, 0.1) is 31.0 Å². The molecule has 0 N–H and O–H groups in total. The number of hydrogen-bond donors (Lipinski definition) is 0. The number of thioether (sulfide) groups is 1. The van der Waals surface area contributed by atoms with Gasteiger partial charge in [0.25, 0.3) is 0 Å². The second-order valence-corrected chi connectivity index (χ2v) is 9.48. The molecule has 0 saturated heterocycles. The van der Waals surface area contributed by atoms with Gasteiger partial charge in [-0.2, -0.15) is 0 Å². The zero-order chi connectivity index (χ0) is 23.0. The Morgan fingerprint density at radius 1 is 1.06 bits per heavy atom. The Hall–Kier alpha value is -3.10. The lowest BCUT2D eigenvalue weighted by Crippen LogP contribution is -2.30. The van der Waals surface area contributed by atoms with Gasteiger partial charge in [0.15, 0.2) is 5.13 Å². The largest absolute Gasteiger partial charge is 0.497 e. The standard InChI is InChI=1S/C25H25N3O3S2/c1-30-19-7-10-21(11-8-19)32-14-4-6-24(29)28(17-18-5-3-13-26-16-18)25-27-22-12-9-20(31-2)15-23(22)33-25/h3,5,7-13,15-16H,4,6,14,17H2,1-2H3. The number of amides is 1. The fourth-order valence-corrected chi connectivity index (χ4v) is 5.16. The number of pyridine rings is 1. The second kappa shape index (κ2) is 11.2. The quantitative estimate of drug-likeness (QED) is 0.211. The number of hydrogen-bond acceptors (Lipinski definition) is 7. The second-order valence-electron chi connectivity index (χ2n) is 7.30. The molecule has 6 nitrogen and oxygen atoms in total. The van der Waals surface area contributed by atoms with E-state index in [1.807, 2.05) is 54.6 Å². The van der Waals surface area contributed by atoms with E-state index in [4.69, 9.17) is 14.5 Å². The molecule has 8 heteroatoms. The average Bonchev–Trinajstić information content (AvgIpc) is 3.29. The van der Waals surface area contributed by atoms with Crippen molar-refractivity contribution in [1.82, 2.24) is 9.97 Å². The van der Waals surface area contributed by atoms with Gasteiger partial charge in [-0.05, 0) is 66.3 Å². The van der Waals surface area contributed by atoms with E-state index in [1.165, 1.54) is 11.3 Å². The normalized spacial score (nSPS) is 10.8. The van der Waals surface area contributed by atoms with Gasteiger partial charge in [-0.15, -0.1) is 11.8 Å². The number of rotatable bonds is 10. The van der Waals surface area contributed by atoms with Crippen molar-refractivity contribution in [1.29, 1.82) is 0 Å². The van der Waals surface area contributed by atoms with E-state index in [0.29, 0.717) is 18.1 Å². The number of benzene rings is 2. The van der Waals surface area contributed by atoms with E-state index in [9.17, 15) is 4.79 Å². The summed E-state index contributed by atoms with van der Waals surface area (Å²) in [4.78, 5) is 25.1. The molecular weight excluding hydrogens is 454 g/mol. The minimum Gasteiger partial charge on any atom is -0.497 e. The van der Waals surface area contributed by atoms with Crippen LogP contribution in [0.2, 0.25) is 0 Å². The fourth-order valence-electron chi connectivity index (χ4n) is 3.29. The molecule has 0 saturated carbocycles. The summed E-state index contributed by atoms with van der Waals surface area (Å²) in [6, 6.07) is 17.6. The highest BCUT2D eigenvalue weighted by Crippen LogP contribution is 2.33. The lowest BCUT2D eigenvalue weighted by Gasteiger charge is -2.20. The molecule has 2 aromatic carbocycles. The minimum absolute atomic E-state index is 0.0557. The monoisotopic (exact) mass is 479 g/mol. The smallest absolute Gasteiger partial charge is 0.229 e. The number of carbonyl (C=O) groups excluding carboxylic acids is 1. The van der Waals surface area contributed by atoms with Gasteiger partial charge < -0.3 is 9.47 Å². The topological polar surface area (TPSA) is 64.5 Å². The van der Waals surface area contributed by atoms with Crippen molar-refractivity contribution in [3.8, 4) is 11.5 Å². The first-order valence-corrected chi connectivity index (χ1v) is 12.4. The molecule has 0 aliphatic heterocycles. The summed E-state index contributed by atoms with van der Waals surface area (Å²) in [5.74, 6) is 2.53. The van der Waals surface area contributed by atoms with Gasteiger partial charge in [0, 0.05) is 23.7 Å². The summed E-state index contributed by atoms with van der Waals surface area (Å²) in [6.45, 7) is 0.440. The summed E-state index contributed by atoms with van der Waals surface area (Å²) >= 11 is 3.24. The van der Waals surface area contributed by atoms with Crippen LogP contribution in [0.4, 0.5) is 5.13 Å². The molecule has 2 aromatic heterocycles. The van der Waals surface area contributed by atoms with E-state index < -0.39 is 0 Å². The highest BCUT2D eigenvalue weighted by molar-refractivity contribution is 7.99. The molecule has 33 heavy (non-hydrogen) atoms. The van der Waals surface area contributed by atoms with Crippen LogP contribution in [0.25, 0.3) is 10.2 Å². The van der Waals surface area contributed by atoms with Crippen LogP contribution in [0.3, 0.4) is 0 Å². The lowest BCUT2D eigenvalue weighted by molar-refractivity contribution is -0.118. The van der Waals surface area contributed by atoms with Crippen LogP contribution >= 0.6 is 23.1 Å². The van der Waals surface area contributed by atoms with Crippen LogP contribution in [0.5, 0.6) is 11.5 Å². The molecule has 2 heterocycles. The summed E-state index contributed by atoms with van der Waals surface area (Å²) in [7, 11) is 3.30. The van der Waals surface area contributed by atoms with Gasteiger partial charge in [-0.25, -0.2) is 4.98 Å². The Labute approximate surface area is 201 Å². The molecule has 4 aromatic rings. The number of anilines is 1. The number of methoxy groups -OCH3 is 2. The molecule has 170 valence electrons. The highest BCUT2D eigenvalue weighted by Gasteiger charge is 2.20. The minimum atomic E-state index is 0.0557. The predicted molar refractivity (Wildman–Crippen MR) is 135 cm³/mol. The van der Waals surface area contributed by atoms with Crippen molar-refractivity contribution in [3.63, 3.8) is 0 Å². The Morgan fingerprint density at radius 3 is 2.58 bits per heavy atom. The Morgan fingerprint density at radius 2 is 1.85 bits per heavy atom. The summed E-state index contributed by atoms with van der Waals surface area (Å²) in [6.07, 6.45) is 4.74. The molecule has 0 fully saturated rings. The van der Waals surface area contributed by atoms with Crippen molar-refractivity contribution in [2.75, 3.05) is 24.9 Å². The molecule has 0 aliphatic rings. The maximum Gasteiger partial charge on any atom is 0.229 e. The Balaban J connectivity index is 1.45. The lowest BCUT2D eigenvalue weighted by atomic mass is 10.2. The fraction of sp³-hybridized carbons (Fsp3) is 0.240. The molecule has 0 bridgehead atoms. The van der Waals surface area contributed by atoms with Gasteiger partial charge >= 0.3 is 0 Å². The van der Waals surface area contributed by atoms with E-state index in [2.05, 4.69) is 4.98 Å². The number of fused-ring (bicyclic) bond motifs is 1. The van der Waals surface area contributed by atoms with Crippen molar-refractivity contribution < 1.29 is 14.3 Å². The molecule has 0 spiro atoms. The van der Waals surface area contributed by atoms with E-state index in [-0.39, 0.29) is 5.91 Å². The first-order valence-electron chi connectivity index (χ1n) is 10.6. The van der Waals surface area contributed by atoms with Crippen LogP contribution in [0.15, 0.2) is 71.9 Å². The van der Waals surface area contributed by atoms with E-state index in [0.717, 1.165) is 44.3 Å². The zero-order valence-electron chi connectivity index (χ0n) is 18.6. The predicted octanol–water partition coefficient (Wildman–Crippen LogP) is 5.81. The molecule has 4 rings (SSSR count). The van der Waals surface area contributed by atoms with Crippen molar-refractivity contribution in [3.05, 3.63) is 72.6 Å². The number of carbonyl (C=O) groups is 1. The van der Waals surface area contributed by atoms with Crippen LogP contribution in [0, 0.1) is 0 Å². The zero-order valence-corrected chi connectivity index (χ0v) is 20.2.